The number of hydrogen-bond acceptors (Lipinski definition) is 3. The Morgan fingerprint density at radius 1 is 1.29 bits per heavy atom. The van der Waals surface area contributed by atoms with Crippen molar-refractivity contribution in [1.82, 2.24) is 10.2 Å². The summed E-state index contributed by atoms with van der Waals surface area (Å²) >= 11 is 0. The summed E-state index contributed by atoms with van der Waals surface area (Å²) < 4.78 is 0. The van der Waals surface area contributed by atoms with Crippen molar-refractivity contribution in [2.45, 2.75) is 6.42 Å². The number of carbonyl (C=O) groups excluding carboxylic acids is 2. The molecule has 1 aromatic carbocycles. The molecule has 84 valence electrons. The third kappa shape index (κ3) is 1.61. The minimum atomic E-state index is -0.0964. The molecule has 0 saturated carbocycles. The molecule has 2 aromatic rings. The monoisotopic (exact) mass is 227 g/mol. The molecule has 0 bridgehead atoms. The van der Waals surface area contributed by atoms with Gasteiger partial charge in [0, 0.05) is 17.4 Å². The van der Waals surface area contributed by atoms with Gasteiger partial charge < -0.3 is 5.32 Å². The molecule has 0 fully saturated rings. The van der Waals surface area contributed by atoms with Crippen LogP contribution in [0, 0.1) is 0 Å². The van der Waals surface area contributed by atoms with E-state index in [1.165, 1.54) is 6.20 Å². The molecule has 17 heavy (non-hydrogen) atoms. The average molecular weight is 227 g/mol. The second kappa shape index (κ2) is 3.55. The lowest BCUT2D eigenvalue weighted by Gasteiger charge is -2.01. The summed E-state index contributed by atoms with van der Waals surface area (Å²) in [5.41, 5.74) is 2.74. The van der Waals surface area contributed by atoms with E-state index in [1.54, 1.807) is 24.4 Å². The van der Waals surface area contributed by atoms with Crippen molar-refractivity contribution in [3.05, 3.63) is 47.3 Å². The Kier molecular flexibility index (Phi) is 2.04. The van der Waals surface area contributed by atoms with E-state index >= 15 is 0 Å². The molecule has 1 aliphatic heterocycles. The Bertz CT molecular complexity index is 602. The number of fused-ring (bicyclic) bond motifs is 1. The molecule has 0 spiro atoms. The molecule has 2 heterocycles. The van der Waals surface area contributed by atoms with E-state index in [0.717, 1.165) is 11.3 Å². The molecule has 0 radical (unpaired) electrons. The highest BCUT2D eigenvalue weighted by molar-refractivity contribution is 6.10. The fraction of sp³-hybridized carbons (Fsp3) is 0.0833. The standard InChI is InChI=1S/C12H9N3O2/c16-11-4-8-3-7(1-2-10(8)15-11)12(17)9-5-13-14-6-9/h1-3,5-6H,4H2,(H,13,14)(H,15,16). The zero-order valence-electron chi connectivity index (χ0n) is 8.86. The van der Waals surface area contributed by atoms with Gasteiger partial charge in [-0.1, -0.05) is 0 Å². The van der Waals surface area contributed by atoms with E-state index in [2.05, 4.69) is 15.5 Å². The number of aromatic nitrogens is 2. The Morgan fingerprint density at radius 3 is 2.94 bits per heavy atom. The third-order valence-electron chi connectivity index (χ3n) is 2.75. The van der Waals surface area contributed by atoms with Gasteiger partial charge in [0.25, 0.3) is 0 Å². The molecule has 1 aliphatic rings. The zero-order valence-corrected chi connectivity index (χ0v) is 8.86. The highest BCUT2D eigenvalue weighted by atomic mass is 16.1. The summed E-state index contributed by atoms with van der Waals surface area (Å²) in [6.45, 7) is 0. The number of benzene rings is 1. The van der Waals surface area contributed by atoms with Crippen LogP contribution < -0.4 is 5.32 Å². The number of ketones is 1. The van der Waals surface area contributed by atoms with Crippen molar-refractivity contribution in [2.75, 3.05) is 5.32 Å². The molecular weight excluding hydrogens is 218 g/mol. The zero-order chi connectivity index (χ0) is 11.8. The van der Waals surface area contributed by atoms with E-state index in [1.807, 2.05) is 0 Å². The highest BCUT2D eigenvalue weighted by Crippen LogP contribution is 2.24. The van der Waals surface area contributed by atoms with Crippen molar-refractivity contribution >= 4 is 17.4 Å². The maximum atomic E-state index is 12.0. The number of rotatable bonds is 2. The van der Waals surface area contributed by atoms with Gasteiger partial charge in [0.1, 0.15) is 0 Å². The largest absolute Gasteiger partial charge is 0.326 e. The molecule has 0 atom stereocenters. The number of carbonyl (C=O) groups is 2. The van der Waals surface area contributed by atoms with Crippen LogP contribution in [0.5, 0.6) is 0 Å². The van der Waals surface area contributed by atoms with E-state index in [9.17, 15) is 9.59 Å². The SMILES string of the molecule is O=C1Cc2cc(C(=O)c3cn[nH]c3)ccc2N1. The summed E-state index contributed by atoms with van der Waals surface area (Å²) in [4.78, 5) is 23.2. The van der Waals surface area contributed by atoms with Gasteiger partial charge >= 0.3 is 0 Å². The lowest BCUT2D eigenvalue weighted by Crippen LogP contribution is -2.03. The predicted octanol–water partition coefficient (Wildman–Crippen LogP) is 1.14. The molecular formula is C12H9N3O2. The number of nitrogens with zero attached hydrogens (tertiary/aromatic N) is 1. The molecule has 3 rings (SSSR count). The van der Waals surface area contributed by atoms with Crippen molar-refractivity contribution in [1.29, 1.82) is 0 Å². The first-order valence-corrected chi connectivity index (χ1v) is 5.20. The first-order chi connectivity index (χ1) is 8.24. The summed E-state index contributed by atoms with van der Waals surface area (Å²) in [5.74, 6) is -0.131. The topological polar surface area (TPSA) is 74.8 Å². The van der Waals surface area contributed by atoms with Crippen LogP contribution in [0.1, 0.15) is 21.5 Å². The number of amides is 1. The van der Waals surface area contributed by atoms with E-state index in [4.69, 9.17) is 0 Å². The van der Waals surface area contributed by atoms with Crippen LogP contribution in [0.2, 0.25) is 0 Å². The van der Waals surface area contributed by atoms with Gasteiger partial charge in [0.05, 0.1) is 18.2 Å². The summed E-state index contributed by atoms with van der Waals surface area (Å²) in [5, 5.41) is 9.07. The van der Waals surface area contributed by atoms with Crippen molar-refractivity contribution in [2.24, 2.45) is 0 Å². The van der Waals surface area contributed by atoms with Crippen LogP contribution in [-0.4, -0.2) is 21.9 Å². The van der Waals surface area contributed by atoms with Gasteiger partial charge in [0.15, 0.2) is 5.78 Å². The van der Waals surface area contributed by atoms with E-state index < -0.39 is 0 Å². The molecule has 0 aliphatic carbocycles. The Balaban J connectivity index is 1.98. The van der Waals surface area contributed by atoms with E-state index in [0.29, 0.717) is 17.5 Å². The number of hydrogen-bond donors (Lipinski definition) is 2. The minimum Gasteiger partial charge on any atom is -0.326 e. The van der Waals surface area contributed by atoms with Crippen LogP contribution in [-0.2, 0) is 11.2 Å². The smallest absolute Gasteiger partial charge is 0.228 e. The highest BCUT2D eigenvalue weighted by Gasteiger charge is 2.19. The quantitative estimate of drug-likeness (QED) is 0.755. The first kappa shape index (κ1) is 9.77. The number of aromatic amines is 1. The normalized spacial score (nSPS) is 13.3. The summed E-state index contributed by atoms with van der Waals surface area (Å²) in [6.07, 6.45) is 3.37. The number of nitrogens with one attached hydrogen (secondary N) is 2. The van der Waals surface area contributed by atoms with Gasteiger partial charge in [0.2, 0.25) is 5.91 Å². The molecule has 5 heteroatoms. The van der Waals surface area contributed by atoms with Crippen LogP contribution >= 0.6 is 0 Å². The van der Waals surface area contributed by atoms with E-state index in [-0.39, 0.29) is 11.7 Å². The van der Waals surface area contributed by atoms with Crippen LogP contribution in [0.4, 0.5) is 5.69 Å². The number of H-pyrrole nitrogens is 1. The predicted molar refractivity (Wildman–Crippen MR) is 60.8 cm³/mol. The van der Waals surface area contributed by atoms with Gasteiger partial charge in [-0.05, 0) is 23.8 Å². The van der Waals surface area contributed by atoms with Crippen LogP contribution in [0.3, 0.4) is 0 Å². The van der Waals surface area contributed by atoms with Gasteiger partial charge in [-0.3, -0.25) is 14.7 Å². The lowest BCUT2D eigenvalue weighted by atomic mass is 10.0. The average Bonchev–Trinajstić information content (AvgIpc) is 2.94. The van der Waals surface area contributed by atoms with Crippen LogP contribution in [0.25, 0.3) is 0 Å². The molecule has 0 saturated heterocycles. The second-order valence-corrected chi connectivity index (χ2v) is 3.91. The van der Waals surface area contributed by atoms with Gasteiger partial charge in [-0.25, -0.2) is 0 Å². The van der Waals surface area contributed by atoms with Gasteiger partial charge in [-0.2, -0.15) is 5.10 Å². The second-order valence-electron chi connectivity index (χ2n) is 3.91. The fourth-order valence-corrected chi connectivity index (χ4v) is 1.91. The van der Waals surface area contributed by atoms with Crippen molar-refractivity contribution in [3.63, 3.8) is 0 Å². The van der Waals surface area contributed by atoms with Crippen molar-refractivity contribution in [3.8, 4) is 0 Å². The summed E-state index contributed by atoms with van der Waals surface area (Å²) in [6, 6.07) is 5.22. The summed E-state index contributed by atoms with van der Waals surface area (Å²) in [7, 11) is 0. The Hall–Kier alpha value is -2.43. The molecule has 1 amide bonds. The van der Waals surface area contributed by atoms with Crippen LogP contribution in [0.15, 0.2) is 30.6 Å². The first-order valence-electron chi connectivity index (χ1n) is 5.20. The van der Waals surface area contributed by atoms with Crippen molar-refractivity contribution < 1.29 is 9.59 Å². The minimum absolute atomic E-state index is 0.0343. The Labute approximate surface area is 96.8 Å². The Morgan fingerprint density at radius 2 is 2.18 bits per heavy atom. The maximum absolute atomic E-state index is 12.0. The maximum Gasteiger partial charge on any atom is 0.228 e. The van der Waals surface area contributed by atoms with Gasteiger partial charge in [-0.15, -0.1) is 0 Å². The molecule has 0 unspecified atom stereocenters. The fourth-order valence-electron chi connectivity index (χ4n) is 1.91. The molecule has 5 nitrogen and oxygen atoms in total. The molecule has 1 aromatic heterocycles. The lowest BCUT2D eigenvalue weighted by molar-refractivity contribution is -0.115. The third-order valence-corrected chi connectivity index (χ3v) is 2.75. The number of anilines is 1. The molecule has 2 N–H and O–H groups in total.